The Morgan fingerprint density at radius 1 is 1.40 bits per heavy atom. The number of benzene rings is 1. The zero-order chi connectivity index (χ0) is 11.3. The summed E-state index contributed by atoms with van der Waals surface area (Å²) >= 11 is 13.4. The fourth-order valence-electron chi connectivity index (χ4n) is 0.966. The first-order chi connectivity index (χ1) is 7.15. The lowest BCUT2D eigenvalue weighted by Crippen LogP contribution is -2.03. The molecule has 0 aliphatic carbocycles. The van der Waals surface area contributed by atoms with E-state index in [9.17, 15) is 4.79 Å². The van der Waals surface area contributed by atoms with Crippen molar-refractivity contribution in [2.75, 3.05) is 12.9 Å². The van der Waals surface area contributed by atoms with Gasteiger partial charge in [0.25, 0.3) is 0 Å². The molecule has 0 spiro atoms. The minimum atomic E-state index is -0.247. The second kappa shape index (κ2) is 6.26. The molecule has 0 N–H and O–H groups in total. The Hall–Kier alpha value is -0.380. The number of ether oxygens (including phenoxy) is 1. The van der Waals surface area contributed by atoms with Gasteiger partial charge in [0.05, 0.1) is 12.9 Å². The second-order valence-corrected chi connectivity index (χ2v) is 4.57. The van der Waals surface area contributed by atoms with Gasteiger partial charge in [0.1, 0.15) is 0 Å². The van der Waals surface area contributed by atoms with Crippen LogP contribution in [-0.2, 0) is 15.3 Å². The third kappa shape index (κ3) is 3.93. The maximum Gasteiger partial charge on any atom is 0.315 e. The van der Waals surface area contributed by atoms with Gasteiger partial charge in [-0.25, -0.2) is 0 Å². The molecule has 0 aromatic heterocycles. The first kappa shape index (κ1) is 12.7. The molecule has 0 heterocycles. The summed E-state index contributed by atoms with van der Waals surface area (Å²) in [5.41, 5.74) is 0.856. The Balaban J connectivity index is 2.54. The van der Waals surface area contributed by atoms with Crippen molar-refractivity contribution in [2.45, 2.75) is 5.75 Å². The largest absolute Gasteiger partial charge is 0.468 e. The van der Waals surface area contributed by atoms with Crippen LogP contribution in [-0.4, -0.2) is 18.8 Å². The smallest absolute Gasteiger partial charge is 0.315 e. The Morgan fingerprint density at radius 3 is 2.53 bits per heavy atom. The molecule has 0 aliphatic heterocycles. The highest BCUT2D eigenvalue weighted by molar-refractivity contribution is 7.99. The summed E-state index contributed by atoms with van der Waals surface area (Å²) in [5, 5.41) is 1.25. The summed E-state index contributed by atoms with van der Waals surface area (Å²) in [6.07, 6.45) is 0. The van der Waals surface area contributed by atoms with Gasteiger partial charge in [0.15, 0.2) is 0 Å². The van der Waals surface area contributed by atoms with Crippen LogP contribution in [0, 0.1) is 0 Å². The van der Waals surface area contributed by atoms with Crippen LogP contribution in [0.4, 0.5) is 0 Å². The van der Waals surface area contributed by atoms with Gasteiger partial charge >= 0.3 is 5.97 Å². The van der Waals surface area contributed by atoms with Gasteiger partial charge in [-0.05, 0) is 17.7 Å². The van der Waals surface area contributed by atoms with E-state index in [1.807, 2.05) is 0 Å². The minimum absolute atomic E-state index is 0.247. The zero-order valence-corrected chi connectivity index (χ0v) is 10.5. The van der Waals surface area contributed by atoms with Crippen LogP contribution in [0.2, 0.25) is 10.0 Å². The average Bonchev–Trinajstić information content (AvgIpc) is 2.22. The van der Waals surface area contributed by atoms with Gasteiger partial charge in [0.2, 0.25) is 0 Å². The van der Waals surface area contributed by atoms with Crippen LogP contribution in [0.3, 0.4) is 0 Å². The Bertz CT molecular complexity index is 335. The summed E-state index contributed by atoms with van der Waals surface area (Å²) in [6.45, 7) is 0. The molecule has 0 atom stereocenters. The summed E-state index contributed by atoms with van der Waals surface area (Å²) in [7, 11) is 1.37. The van der Waals surface area contributed by atoms with E-state index in [2.05, 4.69) is 4.74 Å². The number of hydrogen-bond donors (Lipinski definition) is 0. The van der Waals surface area contributed by atoms with Crippen molar-refractivity contribution < 1.29 is 9.53 Å². The molecule has 15 heavy (non-hydrogen) atoms. The molecule has 0 bridgehead atoms. The van der Waals surface area contributed by atoms with E-state index in [1.54, 1.807) is 18.2 Å². The number of methoxy groups -OCH3 is 1. The molecule has 0 unspecified atom stereocenters. The zero-order valence-electron chi connectivity index (χ0n) is 8.13. The Morgan fingerprint density at radius 2 is 2.00 bits per heavy atom. The molecule has 5 heteroatoms. The number of esters is 1. The maximum absolute atomic E-state index is 10.9. The number of rotatable bonds is 4. The average molecular weight is 265 g/mol. The summed E-state index contributed by atoms with van der Waals surface area (Å²) < 4.78 is 4.52. The van der Waals surface area contributed by atoms with Gasteiger partial charge in [-0.3, -0.25) is 4.79 Å². The number of halogens is 2. The standard InChI is InChI=1S/C10H10Cl2O2S/c1-14-10(13)6-15-5-7-8(11)3-2-4-9(7)12/h2-4H,5-6H2,1H3. The third-order valence-electron chi connectivity index (χ3n) is 1.76. The van der Waals surface area contributed by atoms with Crippen LogP contribution in [0.15, 0.2) is 18.2 Å². The first-order valence-corrected chi connectivity index (χ1v) is 6.13. The highest BCUT2D eigenvalue weighted by Crippen LogP contribution is 2.28. The summed E-state index contributed by atoms with van der Waals surface area (Å²) in [4.78, 5) is 10.9. The van der Waals surface area contributed by atoms with E-state index in [0.29, 0.717) is 21.6 Å². The van der Waals surface area contributed by atoms with Crippen LogP contribution < -0.4 is 0 Å². The van der Waals surface area contributed by atoms with E-state index in [0.717, 1.165) is 5.56 Å². The molecule has 82 valence electrons. The highest BCUT2D eigenvalue weighted by Gasteiger charge is 2.07. The van der Waals surface area contributed by atoms with E-state index in [4.69, 9.17) is 23.2 Å². The lowest BCUT2D eigenvalue weighted by Gasteiger charge is -2.05. The summed E-state index contributed by atoms with van der Waals surface area (Å²) in [5.74, 6) is 0.661. The van der Waals surface area contributed by atoms with E-state index in [1.165, 1.54) is 18.9 Å². The van der Waals surface area contributed by atoms with Crippen molar-refractivity contribution in [1.82, 2.24) is 0 Å². The lowest BCUT2D eigenvalue weighted by atomic mass is 10.2. The van der Waals surface area contributed by atoms with Crippen LogP contribution in [0.5, 0.6) is 0 Å². The normalized spacial score (nSPS) is 10.1. The molecule has 2 nitrogen and oxygen atoms in total. The molecule has 1 rings (SSSR count). The van der Waals surface area contributed by atoms with Gasteiger partial charge in [-0.1, -0.05) is 29.3 Å². The Labute approximate surface area is 103 Å². The van der Waals surface area contributed by atoms with Crippen molar-refractivity contribution >= 4 is 40.9 Å². The van der Waals surface area contributed by atoms with E-state index in [-0.39, 0.29) is 5.97 Å². The molecule has 0 aliphatic rings. The minimum Gasteiger partial charge on any atom is -0.468 e. The molecular weight excluding hydrogens is 255 g/mol. The first-order valence-electron chi connectivity index (χ1n) is 4.22. The lowest BCUT2D eigenvalue weighted by molar-refractivity contribution is -0.137. The fraction of sp³-hybridized carbons (Fsp3) is 0.300. The van der Waals surface area contributed by atoms with E-state index >= 15 is 0 Å². The topological polar surface area (TPSA) is 26.3 Å². The summed E-state index contributed by atoms with van der Waals surface area (Å²) in [6, 6.07) is 5.35. The van der Waals surface area contributed by atoms with Crippen molar-refractivity contribution in [2.24, 2.45) is 0 Å². The van der Waals surface area contributed by atoms with Crippen LogP contribution >= 0.6 is 35.0 Å². The SMILES string of the molecule is COC(=O)CSCc1c(Cl)cccc1Cl. The van der Waals surface area contributed by atoms with Gasteiger partial charge in [0, 0.05) is 15.8 Å². The van der Waals surface area contributed by atoms with E-state index < -0.39 is 0 Å². The predicted octanol–water partition coefficient (Wildman–Crippen LogP) is 3.40. The number of hydrogen-bond acceptors (Lipinski definition) is 3. The molecular formula is C10H10Cl2O2S. The van der Waals surface area contributed by atoms with Crippen LogP contribution in [0.25, 0.3) is 0 Å². The molecule has 0 radical (unpaired) electrons. The number of carbonyl (C=O) groups excluding carboxylic acids is 1. The second-order valence-electron chi connectivity index (χ2n) is 2.77. The third-order valence-corrected chi connectivity index (χ3v) is 3.40. The predicted molar refractivity (Wildman–Crippen MR) is 64.6 cm³/mol. The fourth-order valence-corrected chi connectivity index (χ4v) is 2.56. The monoisotopic (exact) mass is 264 g/mol. The molecule has 1 aromatic rings. The van der Waals surface area contributed by atoms with Gasteiger partial charge < -0.3 is 4.74 Å². The van der Waals surface area contributed by atoms with Gasteiger partial charge in [-0.15, -0.1) is 11.8 Å². The number of carbonyl (C=O) groups is 1. The van der Waals surface area contributed by atoms with Crippen LogP contribution in [0.1, 0.15) is 5.56 Å². The molecule has 0 saturated heterocycles. The number of thioether (sulfide) groups is 1. The maximum atomic E-state index is 10.9. The van der Waals surface area contributed by atoms with Gasteiger partial charge in [-0.2, -0.15) is 0 Å². The molecule has 0 saturated carbocycles. The van der Waals surface area contributed by atoms with Crippen molar-refractivity contribution in [3.05, 3.63) is 33.8 Å². The van der Waals surface area contributed by atoms with Crippen molar-refractivity contribution in [3.8, 4) is 0 Å². The molecule has 0 fully saturated rings. The Kier molecular flexibility index (Phi) is 5.29. The molecule has 0 amide bonds. The van der Waals surface area contributed by atoms with Crippen molar-refractivity contribution in [3.63, 3.8) is 0 Å². The molecule has 1 aromatic carbocycles. The highest BCUT2D eigenvalue weighted by atomic mass is 35.5. The van der Waals surface area contributed by atoms with Crippen molar-refractivity contribution in [1.29, 1.82) is 0 Å². The quantitative estimate of drug-likeness (QED) is 0.780.